The van der Waals surface area contributed by atoms with Crippen molar-refractivity contribution in [1.82, 2.24) is 4.83 Å². The number of phenolic OH excluding ortho intramolecular Hbond substituents is 1. The van der Waals surface area contributed by atoms with Gasteiger partial charge < -0.3 is 14.6 Å². The minimum atomic E-state index is -3.83. The van der Waals surface area contributed by atoms with Gasteiger partial charge in [-0.2, -0.15) is 13.5 Å². The zero-order valence-electron chi connectivity index (χ0n) is 12.6. The highest BCUT2D eigenvalue weighted by atomic mass is 32.2. The molecule has 0 spiro atoms. The van der Waals surface area contributed by atoms with E-state index in [0.29, 0.717) is 17.1 Å². The summed E-state index contributed by atoms with van der Waals surface area (Å²) in [5.74, 6) is 0.852. The Morgan fingerprint density at radius 3 is 2.30 bits per heavy atom. The maximum absolute atomic E-state index is 12.2. The molecule has 0 saturated heterocycles. The van der Waals surface area contributed by atoms with Crippen LogP contribution in [0.5, 0.6) is 17.2 Å². The highest BCUT2D eigenvalue weighted by Crippen LogP contribution is 2.29. The summed E-state index contributed by atoms with van der Waals surface area (Å²) < 4.78 is 34.5. The van der Waals surface area contributed by atoms with Gasteiger partial charge in [0.25, 0.3) is 10.0 Å². The molecule has 0 heterocycles. The van der Waals surface area contributed by atoms with Crippen LogP contribution in [-0.4, -0.2) is 34.0 Å². The highest BCUT2D eigenvalue weighted by Gasteiger charge is 2.16. The molecule has 2 N–H and O–H groups in total. The van der Waals surface area contributed by atoms with Gasteiger partial charge in [-0.3, -0.25) is 0 Å². The third-order valence-electron chi connectivity index (χ3n) is 2.94. The van der Waals surface area contributed by atoms with Gasteiger partial charge >= 0.3 is 0 Å². The molecule has 7 nitrogen and oxygen atoms in total. The number of sulfonamides is 1. The summed E-state index contributed by atoms with van der Waals surface area (Å²) in [6, 6.07) is 10.4. The van der Waals surface area contributed by atoms with Crippen molar-refractivity contribution in [2.24, 2.45) is 5.10 Å². The van der Waals surface area contributed by atoms with Crippen LogP contribution in [0.25, 0.3) is 0 Å². The maximum atomic E-state index is 12.2. The molecule has 0 amide bonds. The molecule has 0 aliphatic heterocycles. The average molecular weight is 336 g/mol. The Balaban J connectivity index is 2.17. The number of nitrogens with one attached hydrogen (secondary N) is 1. The van der Waals surface area contributed by atoms with Crippen LogP contribution in [0, 0.1) is 0 Å². The van der Waals surface area contributed by atoms with Crippen LogP contribution in [-0.2, 0) is 10.0 Å². The van der Waals surface area contributed by atoms with Gasteiger partial charge in [-0.1, -0.05) is 0 Å². The number of hydrogen-bond acceptors (Lipinski definition) is 6. The van der Waals surface area contributed by atoms with E-state index in [9.17, 15) is 13.5 Å². The van der Waals surface area contributed by atoms with Crippen LogP contribution in [0.4, 0.5) is 0 Å². The Bertz CT molecular complexity index is 801. The summed E-state index contributed by atoms with van der Waals surface area (Å²) in [6.45, 7) is 0. The van der Waals surface area contributed by atoms with Crippen molar-refractivity contribution in [3.05, 3.63) is 48.0 Å². The molecule has 0 unspecified atom stereocenters. The summed E-state index contributed by atoms with van der Waals surface area (Å²) in [5, 5.41) is 12.9. The molecule has 0 saturated carbocycles. The Hall–Kier alpha value is -2.74. The van der Waals surface area contributed by atoms with E-state index in [1.807, 2.05) is 0 Å². The molecular weight excluding hydrogens is 320 g/mol. The van der Waals surface area contributed by atoms with Gasteiger partial charge in [0.15, 0.2) is 11.5 Å². The summed E-state index contributed by atoms with van der Waals surface area (Å²) in [6.07, 6.45) is 1.33. The second kappa shape index (κ2) is 7.01. The number of benzene rings is 2. The Morgan fingerprint density at radius 1 is 1.04 bits per heavy atom. The van der Waals surface area contributed by atoms with Crippen LogP contribution in [0.1, 0.15) is 5.56 Å². The van der Waals surface area contributed by atoms with E-state index < -0.39 is 10.0 Å². The zero-order valence-corrected chi connectivity index (χ0v) is 13.4. The van der Waals surface area contributed by atoms with Crippen molar-refractivity contribution in [1.29, 1.82) is 0 Å². The molecule has 0 atom stereocenters. The van der Waals surface area contributed by atoms with E-state index in [2.05, 4.69) is 9.93 Å². The summed E-state index contributed by atoms with van der Waals surface area (Å²) in [5.41, 5.74) is 0.637. The molecule has 0 fully saturated rings. The zero-order chi connectivity index (χ0) is 16.9. The number of methoxy groups -OCH3 is 2. The predicted molar refractivity (Wildman–Crippen MR) is 85.6 cm³/mol. The molecule has 2 aromatic carbocycles. The minimum absolute atomic E-state index is 0.00185. The van der Waals surface area contributed by atoms with Gasteiger partial charge in [0.05, 0.1) is 25.3 Å². The minimum Gasteiger partial charge on any atom is -0.508 e. The normalized spacial score (nSPS) is 11.4. The molecule has 0 radical (unpaired) electrons. The van der Waals surface area contributed by atoms with Crippen molar-refractivity contribution < 1.29 is 23.0 Å². The number of rotatable bonds is 6. The second-order valence-corrected chi connectivity index (χ2v) is 6.12. The molecule has 122 valence electrons. The number of nitrogens with zero attached hydrogens (tertiary/aromatic N) is 1. The van der Waals surface area contributed by atoms with E-state index in [-0.39, 0.29) is 10.6 Å². The van der Waals surface area contributed by atoms with Crippen LogP contribution >= 0.6 is 0 Å². The molecular formula is C15H16N2O5S. The van der Waals surface area contributed by atoms with Gasteiger partial charge in [-0.15, -0.1) is 0 Å². The lowest BCUT2D eigenvalue weighted by atomic mass is 10.2. The number of phenols is 1. The third-order valence-corrected chi connectivity index (χ3v) is 4.17. The van der Waals surface area contributed by atoms with E-state index in [1.54, 1.807) is 12.1 Å². The second-order valence-electron chi connectivity index (χ2n) is 4.46. The van der Waals surface area contributed by atoms with E-state index in [1.165, 1.54) is 50.8 Å². The van der Waals surface area contributed by atoms with Crippen molar-refractivity contribution in [2.45, 2.75) is 4.90 Å². The van der Waals surface area contributed by atoms with Gasteiger partial charge in [0, 0.05) is 6.07 Å². The fraction of sp³-hybridized carbons (Fsp3) is 0.133. The first-order chi connectivity index (χ1) is 11.0. The Labute approximate surface area is 134 Å². The first kappa shape index (κ1) is 16.6. The Kier molecular flexibility index (Phi) is 5.07. The largest absolute Gasteiger partial charge is 0.508 e. The lowest BCUT2D eigenvalue weighted by Gasteiger charge is -2.09. The van der Waals surface area contributed by atoms with Crippen molar-refractivity contribution in [3.63, 3.8) is 0 Å². The predicted octanol–water partition coefficient (Wildman–Crippen LogP) is 1.72. The van der Waals surface area contributed by atoms with Gasteiger partial charge in [0.2, 0.25) is 0 Å². The molecule has 0 aliphatic rings. The summed E-state index contributed by atoms with van der Waals surface area (Å²) in [7, 11) is -0.943. The fourth-order valence-corrected chi connectivity index (χ4v) is 2.57. The number of aromatic hydroxyl groups is 1. The lowest BCUT2D eigenvalue weighted by Crippen LogP contribution is -2.18. The lowest BCUT2D eigenvalue weighted by molar-refractivity contribution is 0.354. The van der Waals surface area contributed by atoms with Gasteiger partial charge in [-0.05, 0) is 42.0 Å². The van der Waals surface area contributed by atoms with Crippen molar-refractivity contribution in [3.8, 4) is 17.2 Å². The summed E-state index contributed by atoms with van der Waals surface area (Å²) in [4.78, 5) is 2.11. The quantitative estimate of drug-likeness (QED) is 0.618. The van der Waals surface area contributed by atoms with Gasteiger partial charge in [0.1, 0.15) is 5.75 Å². The molecule has 0 aliphatic carbocycles. The van der Waals surface area contributed by atoms with Crippen LogP contribution in [0.3, 0.4) is 0 Å². The monoisotopic (exact) mass is 336 g/mol. The van der Waals surface area contributed by atoms with E-state index in [0.717, 1.165) is 0 Å². The van der Waals surface area contributed by atoms with E-state index >= 15 is 0 Å². The molecule has 0 bridgehead atoms. The van der Waals surface area contributed by atoms with Gasteiger partial charge in [-0.25, -0.2) is 4.83 Å². The fourth-order valence-electron chi connectivity index (χ4n) is 1.77. The maximum Gasteiger partial charge on any atom is 0.276 e. The Morgan fingerprint density at radius 2 is 1.70 bits per heavy atom. The smallest absolute Gasteiger partial charge is 0.276 e. The summed E-state index contributed by atoms with van der Waals surface area (Å²) >= 11 is 0. The molecule has 2 rings (SSSR count). The van der Waals surface area contributed by atoms with Crippen LogP contribution in [0.2, 0.25) is 0 Å². The topological polar surface area (TPSA) is 97.2 Å². The number of hydrogen-bond donors (Lipinski definition) is 2. The molecule has 23 heavy (non-hydrogen) atoms. The third kappa shape index (κ3) is 4.13. The molecule has 8 heteroatoms. The first-order valence-corrected chi connectivity index (χ1v) is 8.00. The standard InChI is InChI=1S/C15H16N2O5S/c1-21-14-8-7-13(9-15(14)22-2)23(19,20)17-16-10-11-3-5-12(18)6-4-11/h3-10,17-18H,1-2H3/b16-10+. The average Bonchev–Trinajstić information content (AvgIpc) is 2.55. The first-order valence-electron chi connectivity index (χ1n) is 6.52. The SMILES string of the molecule is COc1ccc(S(=O)(=O)N/N=C/c2ccc(O)cc2)cc1OC. The van der Waals surface area contributed by atoms with Crippen LogP contribution < -0.4 is 14.3 Å². The number of hydrazone groups is 1. The van der Waals surface area contributed by atoms with Crippen molar-refractivity contribution in [2.75, 3.05) is 14.2 Å². The van der Waals surface area contributed by atoms with Crippen LogP contribution in [0.15, 0.2) is 52.5 Å². The molecule has 2 aromatic rings. The number of ether oxygens (including phenoxy) is 2. The van der Waals surface area contributed by atoms with E-state index in [4.69, 9.17) is 9.47 Å². The molecule has 0 aromatic heterocycles. The van der Waals surface area contributed by atoms with Crippen molar-refractivity contribution >= 4 is 16.2 Å². The highest BCUT2D eigenvalue weighted by molar-refractivity contribution is 7.89.